The molecule has 0 aliphatic heterocycles. The molecule has 3 nitrogen and oxygen atoms in total. The van der Waals surface area contributed by atoms with Gasteiger partial charge >= 0.3 is 0 Å². The number of benzene rings is 4. The second kappa shape index (κ2) is 8.99. The molecule has 37 heavy (non-hydrogen) atoms. The standard InChI is InChI=1S/C34H34N2O/c1-19(2)14-23-17-24-11-13-28-32(35-22(6)36-33(28)31(24)25(18-23)15-20(3)4)29-9-7-8-27-26-12-10-21(5)16-30(26)37-34(27)29/h7-13,16-20H,14-15H2,1-6H3. The van der Waals surface area contributed by atoms with Crippen molar-refractivity contribution in [2.75, 3.05) is 0 Å². The topological polar surface area (TPSA) is 38.9 Å². The minimum absolute atomic E-state index is 0.558. The molecule has 0 aliphatic rings. The summed E-state index contributed by atoms with van der Waals surface area (Å²) in [7, 11) is 0. The highest BCUT2D eigenvalue weighted by Crippen LogP contribution is 2.39. The van der Waals surface area contributed by atoms with E-state index in [2.05, 4.69) is 95.3 Å². The summed E-state index contributed by atoms with van der Waals surface area (Å²) in [5, 5.41) is 5.86. The molecule has 0 fully saturated rings. The first kappa shape index (κ1) is 23.7. The maximum atomic E-state index is 6.46. The van der Waals surface area contributed by atoms with Gasteiger partial charge in [0.05, 0.1) is 11.2 Å². The lowest BCUT2D eigenvalue weighted by Crippen LogP contribution is -2.02. The van der Waals surface area contributed by atoms with Crippen LogP contribution in [0.4, 0.5) is 0 Å². The van der Waals surface area contributed by atoms with Crippen LogP contribution in [0.3, 0.4) is 0 Å². The number of aromatic nitrogens is 2. The van der Waals surface area contributed by atoms with Crippen LogP contribution in [-0.2, 0) is 12.8 Å². The number of fused-ring (bicyclic) bond motifs is 6. The molecule has 0 atom stereocenters. The molecule has 0 bridgehead atoms. The van der Waals surface area contributed by atoms with Crippen molar-refractivity contribution in [2.24, 2.45) is 11.8 Å². The summed E-state index contributed by atoms with van der Waals surface area (Å²) in [6, 6.07) is 22.0. The Morgan fingerprint density at radius 2 is 1.54 bits per heavy atom. The number of rotatable bonds is 5. The van der Waals surface area contributed by atoms with Crippen molar-refractivity contribution in [1.29, 1.82) is 0 Å². The minimum Gasteiger partial charge on any atom is -0.455 e. The number of aryl methyl sites for hydroxylation is 2. The lowest BCUT2D eigenvalue weighted by atomic mass is 9.90. The van der Waals surface area contributed by atoms with Gasteiger partial charge in [0.2, 0.25) is 0 Å². The Hall–Kier alpha value is -3.72. The Morgan fingerprint density at radius 3 is 2.32 bits per heavy atom. The van der Waals surface area contributed by atoms with E-state index in [1.54, 1.807) is 0 Å². The van der Waals surface area contributed by atoms with E-state index in [1.807, 2.05) is 6.92 Å². The van der Waals surface area contributed by atoms with E-state index in [-0.39, 0.29) is 0 Å². The second-order valence-electron chi connectivity index (χ2n) is 11.4. The zero-order valence-electron chi connectivity index (χ0n) is 22.6. The average Bonchev–Trinajstić information content (AvgIpc) is 3.20. The first-order chi connectivity index (χ1) is 17.8. The van der Waals surface area contributed by atoms with E-state index < -0.39 is 0 Å². The summed E-state index contributed by atoms with van der Waals surface area (Å²) >= 11 is 0. The molecule has 6 aromatic rings. The average molecular weight is 487 g/mol. The smallest absolute Gasteiger partial charge is 0.144 e. The summed E-state index contributed by atoms with van der Waals surface area (Å²) in [5.41, 5.74) is 8.78. The van der Waals surface area contributed by atoms with Crippen molar-refractivity contribution in [2.45, 2.75) is 54.4 Å². The van der Waals surface area contributed by atoms with E-state index >= 15 is 0 Å². The largest absolute Gasteiger partial charge is 0.455 e. The summed E-state index contributed by atoms with van der Waals surface area (Å²) in [6.07, 6.45) is 2.11. The third-order valence-corrected chi connectivity index (χ3v) is 7.22. The van der Waals surface area contributed by atoms with Gasteiger partial charge in [-0.15, -0.1) is 0 Å². The number of nitrogens with zero attached hydrogens (tertiary/aromatic N) is 2. The van der Waals surface area contributed by atoms with Crippen LogP contribution in [0, 0.1) is 25.7 Å². The van der Waals surface area contributed by atoms with Crippen molar-refractivity contribution in [3.63, 3.8) is 0 Å². The van der Waals surface area contributed by atoms with Gasteiger partial charge in [0.25, 0.3) is 0 Å². The minimum atomic E-state index is 0.558. The molecule has 4 aromatic carbocycles. The number of hydrogen-bond donors (Lipinski definition) is 0. The first-order valence-electron chi connectivity index (χ1n) is 13.4. The van der Waals surface area contributed by atoms with Crippen LogP contribution in [0.2, 0.25) is 0 Å². The predicted molar refractivity (Wildman–Crippen MR) is 156 cm³/mol. The SMILES string of the molecule is Cc1ccc2c(c1)oc1c(-c3nc(C)nc4c3ccc3cc(CC(C)C)cc(CC(C)C)c34)cccc12. The Bertz CT molecular complexity index is 1810. The maximum Gasteiger partial charge on any atom is 0.144 e. The van der Waals surface area contributed by atoms with Gasteiger partial charge in [0, 0.05) is 27.1 Å². The van der Waals surface area contributed by atoms with Gasteiger partial charge in [-0.1, -0.05) is 70.2 Å². The molecule has 0 aliphatic carbocycles. The third-order valence-electron chi connectivity index (χ3n) is 7.22. The second-order valence-corrected chi connectivity index (χ2v) is 11.4. The van der Waals surface area contributed by atoms with E-state index in [1.165, 1.54) is 27.5 Å². The molecular weight excluding hydrogens is 452 g/mol. The van der Waals surface area contributed by atoms with Gasteiger partial charge in [-0.3, -0.25) is 0 Å². The monoisotopic (exact) mass is 486 g/mol. The molecule has 0 N–H and O–H groups in total. The molecule has 0 amide bonds. The van der Waals surface area contributed by atoms with E-state index in [0.29, 0.717) is 11.8 Å². The molecule has 186 valence electrons. The number of para-hydroxylation sites is 1. The van der Waals surface area contributed by atoms with Crippen LogP contribution in [0.1, 0.15) is 50.2 Å². The molecule has 3 heteroatoms. The van der Waals surface area contributed by atoms with Crippen LogP contribution in [-0.4, -0.2) is 9.97 Å². The van der Waals surface area contributed by atoms with E-state index in [4.69, 9.17) is 14.4 Å². The lowest BCUT2D eigenvalue weighted by Gasteiger charge is -2.16. The van der Waals surface area contributed by atoms with Crippen LogP contribution in [0.5, 0.6) is 0 Å². The highest BCUT2D eigenvalue weighted by Gasteiger charge is 2.19. The van der Waals surface area contributed by atoms with Crippen molar-refractivity contribution in [3.8, 4) is 11.3 Å². The molecule has 6 rings (SSSR count). The quantitative estimate of drug-likeness (QED) is 0.228. The lowest BCUT2D eigenvalue weighted by molar-refractivity contribution is 0.638. The van der Waals surface area contributed by atoms with Gasteiger partial charge in [-0.2, -0.15) is 0 Å². The molecule has 0 spiro atoms. The molecule has 2 aromatic heterocycles. The summed E-state index contributed by atoms with van der Waals surface area (Å²) in [6.45, 7) is 13.3. The fraction of sp³-hybridized carbons (Fsp3) is 0.294. The predicted octanol–water partition coefficient (Wildman–Crippen LogP) is 9.36. The first-order valence-corrected chi connectivity index (χ1v) is 13.4. The van der Waals surface area contributed by atoms with Crippen LogP contribution in [0.25, 0.3) is 54.9 Å². The van der Waals surface area contributed by atoms with Gasteiger partial charge in [0.1, 0.15) is 17.0 Å². The van der Waals surface area contributed by atoms with E-state index in [9.17, 15) is 0 Å². The molecule has 0 radical (unpaired) electrons. The fourth-order valence-corrected chi connectivity index (χ4v) is 5.81. The van der Waals surface area contributed by atoms with Gasteiger partial charge in [0.15, 0.2) is 0 Å². The molecule has 0 saturated carbocycles. The highest BCUT2D eigenvalue weighted by atomic mass is 16.3. The molecular formula is C34H34N2O. The third kappa shape index (κ3) is 4.17. The normalized spacial score (nSPS) is 12.2. The maximum absolute atomic E-state index is 6.46. The van der Waals surface area contributed by atoms with E-state index in [0.717, 1.165) is 62.8 Å². The van der Waals surface area contributed by atoms with Crippen molar-refractivity contribution >= 4 is 43.6 Å². The summed E-state index contributed by atoms with van der Waals surface area (Å²) in [4.78, 5) is 10.0. The van der Waals surface area contributed by atoms with Gasteiger partial charge in [-0.25, -0.2) is 9.97 Å². The van der Waals surface area contributed by atoms with Crippen LogP contribution < -0.4 is 0 Å². The molecule has 2 heterocycles. The Morgan fingerprint density at radius 1 is 0.757 bits per heavy atom. The van der Waals surface area contributed by atoms with Gasteiger partial charge in [-0.05, 0) is 78.8 Å². The highest BCUT2D eigenvalue weighted by molar-refractivity contribution is 6.15. The summed E-state index contributed by atoms with van der Waals surface area (Å²) < 4.78 is 6.46. The number of furan rings is 1. The zero-order chi connectivity index (χ0) is 25.8. The molecule has 0 unspecified atom stereocenters. The molecule has 0 saturated heterocycles. The van der Waals surface area contributed by atoms with Crippen molar-refractivity contribution in [3.05, 3.63) is 83.2 Å². The Kier molecular flexibility index (Phi) is 5.75. The zero-order valence-corrected chi connectivity index (χ0v) is 22.6. The fourth-order valence-electron chi connectivity index (χ4n) is 5.81. The van der Waals surface area contributed by atoms with Crippen LogP contribution >= 0.6 is 0 Å². The van der Waals surface area contributed by atoms with Crippen molar-refractivity contribution in [1.82, 2.24) is 9.97 Å². The number of hydrogen-bond acceptors (Lipinski definition) is 3. The Labute approximate surface area is 218 Å². The van der Waals surface area contributed by atoms with Gasteiger partial charge < -0.3 is 4.42 Å². The summed E-state index contributed by atoms with van der Waals surface area (Å²) in [5.74, 6) is 1.96. The van der Waals surface area contributed by atoms with Crippen molar-refractivity contribution < 1.29 is 4.42 Å². The Balaban J connectivity index is 1.67. The van der Waals surface area contributed by atoms with Crippen LogP contribution in [0.15, 0.2) is 65.1 Å².